The molecule has 0 aliphatic heterocycles. The second-order valence-corrected chi connectivity index (χ2v) is 8.21. The molecule has 2 aromatic carbocycles. The number of hydrogen-bond acceptors (Lipinski definition) is 3. The molecule has 5 nitrogen and oxygen atoms in total. The Bertz CT molecular complexity index is 874. The fourth-order valence-electron chi connectivity index (χ4n) is 2.33. The molecule has 25 heavy (non-hydrogen) atoms. The highest BCUT2D eigenvalue weighted by Gasteiger charge is 2.18. The maximum absolute atomic E-state index is 12.7. The van der Waals surface area contributed by atoms with Gasteiger partial charge >= 0.3 is 0 Å². The van der Waals surface area contributed by atoms with Crippen LogP contribution in [0.15, 0.2) is 47.4 Å². The van der Waals surface area contributed by atoms with E-state index in [1.165, 1.54) is 0 Å². The van der Waals surface area contributed by atoms with E-state index in [0.29, 0.717) is 29.3 Å². The Balaban J connectivity index is 2.24. The highest BCUT2D eigenvalue weighted by molar-refractivity contribution is 7.92. The first-order chi connectivity index (χ1) is 11.7. The van der Waals surface area contributed by atoms with Crippen molar-refractivity contribution in [3.8, 4) is 0 Å². The highest BCUT2D eigenvalue weighted by atomic mass is 32.2. The monoisotopic (exact) mass is 360 g/mol. The third-order valence-electron chi connectivity index (χ3n) is 3.68. The zero-order valence-electron chi connectivity index (χ0n) is 15.0. The van der Waals surface area contributed by atoms with Gasteiger partial charge in [0.05, 0.1) is 4.90 Å². The van der Waals surface area contributed by atoms with E-state index in [0.717, 1.165) is 5.56 Å². The van der Waals surface area contributed by atoms with Crippen molar-refractivity contribution in [2.24, 2.45) is 5.92 Å². The zero-order chi connectivity index (χ0) is 18.6. The van der Waals surface area contributed by atoms with Crippen LogP contribution in [0.2, 0.25) is 0 Å². The van der Waals surface area contributed by atoms with Crippen LogP contribution in [0.1, 0.15) is 35.3 Å². The highest BCUT2D eigenvalue weighted by Crippen LogP contribution is 2.21. The molecule has 0 unspecified atom stereocenters. The van der Waals surface area contributed by atoms with Crippen LogP contribution in [0.5, 0.6) is 0 Å². The number of carbonyl (C=O) groups is 1. The normalized spacial score (nSPS) is 11.4. The summed E-state index contributed by atoms with van der Waals surface area (Å²) in [6.45, 7) is 8.18. The molecule has 134 valence electrons. The SMILES string of the molecule is Cc1ccc(C)c(S(=O)(=O)Nc2cccc(C(=O)NCC(C)C)c2)c1. The fraction of sp³-hybridized carbons (Fsp3) is 0.316. The Morgan fingerprint density at radius 1 is 1.08 bits per heavy atom. The summed E-state index contributed by atoms with van der Waals surface area (Å²) < 4.78 is 27.9. The Labute approximate surface area is 149 Å². The molecule has 2 N–H and O–H groups in total. The van der Waals surface area contributed by atoms with Gasteiger partial charge < -0.3 is 5.32 Å². The van der Waals surface area contributed by atoms with E-state index in [-0.39, 0.29) is 10.8 Å². The van der Waals surface area contributed by atoms with Crippen LogP contribution < -0.4 is 10.0 Å². The predicted molar refractivity (Wildman–Crippen MR) is 100 cm³/mol. The summed E-state index contributed by atoms with van der Waals surface area (Å²) in [5.41, 5.74) is 2.32. The minimum absolute atomic E-state index is 0.221. The average molecular weight is 360 g/mol. The van der Waals surface area contributed by atoms with Gasteiger partial charge in [0, 0.05) is 17.8 Å². The van der Waals surface area contributed by atoms with E-state index in [9.17, 15) is 13.2 Å². The van der Waals surface area contributed by atoms with Crippen LogP contribution in [0.4, 0.5) is 5.69 Å². The topological polar surface area (TPSA) is 75.3 Å². The molecule has 0 aromatic heterocycles. The van der Waals surface area contributed by atoms with Crippen molar-refractivity contribution in [2.45, 2.75) is 32.6 Å². The van der Waals surface area contributed by atoms with Crippen LogP contribution in [0, 0.1) is 19.8 Å². The van der Waals surface area contributed by atoms with Crippen molar-refractivity contribution in [3.63, 3.8) is 0 Å². The predicted octanol–water partition coefficient (Wildman–Crippen LogP) is 3.49. The third kappa shape index (κ3) is 5.06. The van der Waals surface area contributed by atoms with Gasteiger partial charge in [-0.2, -0.15) is 0 Å². The Kier molecular flexibility index (Phi) is 5.85. The summed E-state index contributed by atoms with van der Waals surface area (Å²) in [7, 11) is -3.72. The van der Waals surface area contributed by atoms with Gasteiger partial charge in [-0.1, -0.05) is 32.0 Å². The third-order valence-corrected chi connectivity index (χ3v) is 5.20. The molecule has 0 saturated carbocycles. The van der Waals surface area contributed by atoms with Crippen LogP contribution in [-0.4, -0.2) is 20.9 Å². The molecule has 2 aromatic rings. The molecule has 1 amide bonds. The van der Waals surface area contributed by atoms with Crippen molar-refractivity contribution >= 4 is 21.6 Å². The van der Waals surface area contributed by atoms with Gasteiger partial charge in [0.25, 0.3) is 15.9 Å². The van der Waals surface area contributed by atoms with Gasteiger partial charge in [-0.3, -0.25) is 9.52 Å². The van der Waals surface area contributed by atoms with Crippen LogP contribution in [0.3, 0.4) is 0 Å². The molecule has 0 heterocycles. The first-order valence-electron chi connectivity index (χ1n) is 8.17. The van der Waals surface area contributed by atoms with Gasteiger partial charge in [-0.15, -0.1) is 0 Å². The summed E-state index contributed by atoms with van der Waals surface area (Å²) in [5.74, 6) is 0.122. The number of rotatable bonds is 6. The quantitative estimate of drug-likeness (QED) is 0.828. The summed E-state index contributed by atoms with van der Waals surface area (Å²) in [4.78, 5) is 12.4. The lowest BCUT2D eigenvalue weighted by Crippen LogP contribution is -2.27. The molecule has 0 bridgehead atoms. The number of hydrogen-bond donors (Lipinski definition) is 2. The molecule has 0 aliphatic carbocycles. The van der Waals surface area contributed by atoms with E-state index in [1.807, 2.05) is 26.8 Å². The van der Waals surface area contributed by atoms with Gasteiger partial charge in [0.2, 0.25) is 0 Å². The van der Waals surface area contributed by atoms with Crippen molar-refractivity contribution in [1.29, 1.82) is 0 Å². The van der Waals surface area contributed by atoms with Gasteiger partial charge in [0.1, 0.15) is 0 Å². The number of carbonyl (C=O) groups excluding carboxylic acids is 1. The first-order valence-corrected chi connectivity index (χ1v) is 9.65. The molecule has 0 fully saturated rings. The maximum atomic E-state index is 12.7. The Morgan fingerprint density at radius 3 is 2.48 bits per heavy atom. The van der Waals surface area contributed by atoms with Crippen molar-refractivity contribution < 1.29 is 13.2 Å². The van der Waals surface area contributed by atoms with Gasteiger partial charge in [0.15, 0.2) is 0 Å². The number of amides is 1. The molecule has 0 saturated heterocycles. The van der Waals surface area contributed by atoms with E-state index in [4.69, 9.17) is 0 Å². The average Bonchev–Trinajstić information content (AvgIpc) is 2.54. The summed E-state index contributed by atoms with van der Waals surface area (Å²) in [5, 5.41) is 2.82. The zero-order valence-corrected chi connectivity index (χ0v) is 15.8. The van der Waals surface area contributed by atoms with E-state index in [1.54, 1.807) is 43.3 Å². The second kappa shape index (κ2) is 7.70. The fourth-order valence-corrected chi connectivity index (χ4v) is 3.71. The number of benzene rings is 2. The smallest absolute Gasteiger partial charge is 0.262 e. The number of sulfonamides is 1. The first kappa shape index (κ1) is 19.0. The largest absolute Gasteiger partial charge is 0.352 e. The molecular weight excluding hydrogens is 336 g/mol. The van der Waals surface area contributed by atoms with E-state index >= 15 is 0 Å². The molecule has 2 rings (SSSR count). The Morgan fingerprint density at radius 2 is 1.80 bits per heavy atom. The second-order valence-electron chi connectivity index (χ2n) is 6.56. The molecule has 6 heteroatoms. The molecule has 0 radical (unpaired) electrons. The number of nitrogens with one attached hydrogen (secondary N) is 2. The van der Waals surface area contributed by atoms with Gasteiger partial charge in [-0.05, 0) is 55.2 Å². The standard InChI is InChI=1S/C19H24N2O3S/c1-13(2)12-20-19(22)16-6-5-7-17(11-16)21-25(23,24)18-10-14(3)8-9-15(18)4/h5-11,13,21H,12H2,1-4H3,(H,20,22). The maximum Gasteiger partial charge on any atom is 0.262 e. The lowest BCUT2D eigenvalue weighted by molar-refractivity contribution is 0.0949. The molecule has 0 spiro atoms. The van der Waals surface area contributed by atoms with Gasteiger partial charge in [-0.25, -0.2) is 8.42 Å². The summed E-state index contributed by atoms with van der Waals surface area (Å²) in [6, 6.07) is 11.8. The van der Waals surface area contributed by atoms with Crippen LogP contribution in [-0.2, 0) is 10.0 Å². The molecule has 0 aliphatic rings. The Hall–Kier alpha value is -2.34. The number of aryl methyl sites for hydroxylation is 2. The van der Waals surface area contributed by atoms with Crippen molar-refractivity contribution in [3.05, 3.63) is 59.2 Å². The van der Waals surface area contributed by atoms with E-state index in [2.05, 4.69) is 10.0 Å². The van der Waals surface area contributed by atoms with Crippen LogP contribution in [0.25, 0.3) is 0 Å². The lowest BCUT2D eigenvalue weighted by Gasteiger charge is -2.12. The number of anilines is 1. The minimum atomic E-state index is -3.72. The van der Waals surface area contributed by atoms with Crippen molar-refractivity contribution in [1.82, 2.24) is 5.32 Å². The summed E-state index contributed by atoms with van der Waals surface area (Å²) >= 11 is 0. The van der Waals surface area contributed by atoms with Crippen LogP contribution >= 0.6 is 0 Å². The summed E-state index contributed by atoms with van der Waals surface area (Å²) in [6.07, 6.45) is 0. The lowest BCUT2D eigenvalue weighted by atomic mass is 10.1. The molecule has 0 atom stereocenters. The minimum Gasteiger partial charge on any atom is -0.352 e. The van der Waals surface area contributed by atoms with E-state index < -0.39 is 10.0 Å². The molecular formula is C19H24N2O3S. The van der Waals surface area contributed by atoms with Crippen molar-refractivity contribution in [2.75, 3.05) is 11.3 Å².